The molecule has 0 fully saturated rings. The van der Waals surface area contributed by atoms with Crippen LogP contribution in [0.1, 0.15) is 26.3 Å². The first-order valence-corrected chi connectivity index (χ1v) is 7.06. The Balaban J connectivity index is 2.82. The van der Waals surface area contributed by atoms with Crippen molar-refractivity contribution in [2.45, 2.75) is 33.3 Å². The molecule has 1 rings (SSSR count). The molecular formula is C16H20O6. The van der Waals surface area contributed by atoms with E-state index in [1.807, 2.05) is 0 Å². The minimum Gasteiger partial charge on any atom is -0.467 e. The highest BCUT2D eigenvalue weighted by atomic mass is 16.6. The van der Waals surface area contributed by atoms with Gasteiger partial charge in [-0.25, -0.2) is 9.59 Å². The van der Waals surface area contributed by atoms with Gasteiger partial charge in [0.25, 0.3) is 6.10 Å². The molecule has 6 nitrogen and oxygen atoms in total. The minimum atomic E-state index is -1.46. The first kappa shape index (κ1) is 17.7. The average molecular weight is 308 g/mol. The van der Waals surface area contributed by atoms with Gasteiger partial charge in [-0.1, -0.05) is 12.1 Å². The average Bonchev–Trinajstić information content (AvgIpc) is 2.46. The topological polar surface area (TPSA) is 78.9 Å². The second-order valence-corrected chi connectivity index (χ2v) is 4.52. The summed E-state index contributed by atoms with van der Waals surface area (Å²) >= 11 is 0. The quantitative estimate of drug-likeness (QED) is 0.537. The van der Waals surface area contributed by atoms with Crippen LogP contribution >= 0.6 is 0 Å². The summed E-state index contributed by atoms with van der Waals surface area (Å²) in [5.41, 5.74) is 0.823. The molecule has 120 valence electrons. The number of hydrogen-bond acceptors (Lipinski definition) is 6. The molecule has 1 aromatic rings. The maximum absolute atomic E-state index is 11.8. The Morgan fingerprint density at radius 2 is 1.45 bits per heavy atom. The molecule has 0 radical (unpaired) electrons. The van der Waals surface area contributed by atoms with Crippen molar-refractivity contribution in [2.75, 3.05) is 13.2 Å². The maximum Gasteiger partial charge on any atom is 0.359 e. The predicted molar refractivity (Wildman–Crippen MR) is 78.5 cm³/mol. The van der Waals surface area contributed by atoms with E-state index in [-0.39, 0.29) is 19.0 Å². The molecule has 0 atom stereocenters. The third-order valence-corrected chi connectivity index (χ3v) is 2.63. The van der Waals surface area contributed by atoms with E-state index < -0.39 is 18.0 Å². The Morgan fingerprint density at radius 1 is 0.955 bits per heavy atom. The summed E-state index contributed by atoms with van der Waals surface area (Å²) in [6.45, 7) is 5.04. The van der Waals surface area contributed by atoms with E-state index in [1.54, 1.807) is 38.1 Å². The van der Waals surface area contributed by atoms with E-state index in [4.69, 9.17) is 14.2 Å². The van der Waals surface area contributed by atoms with Crippen LogP contribution in [0.2, 0.25) is 0 Å². The molecule has 0 N–H and O–H groups in total. The number of hydrogen-bond donors (Lipinski definition) is 0. The SMILES string of the molecule is CCOC(=O)C(Oc1ccc(CC(C)=O)cc1)C(=O)OCC. The molecule has 0 saturated heterocycles. The number of rotatable bonds is 8. The van der Waals surface area contributed by atoms with Crippen LogP contribution in [0.15, 0.2) is 24.3 Å². The van der Waals surface area contributed by atoms with Gasteiger partial charge in [-0.05, 0) is 38.5 Å². The number of ether oxygens (including phenoxy) is 3. The van der Waals surface area contributed by atoms with Crippen LogP contribution in [0.5, 0.6) is 5.75 Å². The molecule has 22 heavy (non-hydrogen) atoms. The first-order valence-electron chi connectivity index (χ1n) is 7.06. The van der Waals surface area contributed by atoms with Gasteiger partial charge in [-0.3, -0.25) is 4.79 Å². The lowest BCUT2D eigenvalue weighted by molar-refractivity contribution is -0.166. The van der Waals surface area contributed by atoms with E-state index in [1.165, 1.54) is 6.92 Å². The molecular weight excluding hydrogens is 288 g/mol. The van der Waals surface area contributed by atoms with E-state index in [0.29, 0.717) is 12.2 Å². The zero-order valence-electron chi connectivity index (χ0n) is 13.0. The number of ketones is 1. The molecule has 0 bridgehead atoms. The van der Waals surface area contributed by atoms with Gasteiger partial charge >= 0.3 is 11.9 Å². The standard InChI is InChI=1S/C16H20O6/c1-4-20-15(18)14(16(19)21-5-2)22-13-8-6-12(7-9-13)10-11(3)17/h6-9,14H,4-5,10H2,1-3H3. The third kappa shape index (κ3) is 5.55. The van der Waals surface area contributed by atoms with Gasteiger partial charge < -0.3 is 14.2 Å². The molecule has 0 unspecified atom stereocenters. The van der Waals surface area contributed by atoms with Crippen LogP contribution in [0.3, 0.4) is 0 Å². The Labute approximate surface area is 129 Å². The van der Waals surface area contributed by atoms with Gasteiger partial charge in [-0.2, -0.15) is 0 Å². The fourth-order valence-electron chi connectivity index (χ4n) is 1.74. The van der Waals surface area contributed by atoms with Crippen LogP contribution in [-0.4, -0.2) is 37.0 Å². The molecule has 6 heteroatoms. The summed E-state index contributed by atoms with van der Waals surface area (Å²) in [6.07, 6.45) is -1.14. The highest BCUT2D eigenvalue weighted by Gasteiger charge is 2.31. The number of carbonyl (C=O) groups is 3. The molecule has 0 saturated carbocycles. The summed E-state index contributed by atoms with van der Waals surface area (Å²) in [5, 5.41) is 0. The van der Waals surface area contributed by atoms with Crippen LogP contribution in [0, 0.1) is 0 Å². The predicted octanol–water partition coefficient (Wildman–Crippen LogP) is 1.69. The molecule has 0 spiro atoms. The summed E-state index contributed by atoms with van der Waals surface area (Å²) in [5.74, 6) is -1.23. The zero-order valence-corrected chi connectivity index (χ0v) is 13.0. The summed E-state index contributed by atoms with van der Waals surface area (Å²) in [4.78, 5) is 34.6. The summed E-state index contributed by atoms with van der Waals surface area (Å²) in [7, 11) is 0. The zero-order chi connectivity index (χ0) is 16.5. The number of carbonyl (C=O) groups excluding carboxylic acids is 3. The van der Waals surface area contributed by atoms with Crippen molar-refractivity contribution in [3.8, 4) is 5.75 Å². The van der Waals surface area contributed by atoms with Crippen molar-refractivity contribution in [3.63, 3.8) is 0 Å². The third-order valence-electron chi connectivity index (χ3n) is 2.63. The molecule has 0 heterocycles. The lowest BCUT2D eigenvalue weighted by Gasteiger charge is -2.16. The highest BCUT2D eigenvalue weighted by molar-refractivity contribution is 5.98. The van der Waals surface area contributed by atoms with Crippen molar-refractivity contribution in [1.82, 2.24) is 0 Å². The van der Waals surface area contributed by atoms with Crippen LogP contribution in [-0.2, 0) is 30.3 Å². The van der Waals surface area contributed by atoms with Gasteiger partial charge in [0.05, 0.1) is 13.2 Å². The van der Waals surface area contributed by atoms with Gasteiger partial charge in [0, 0.05) is 6.42 Å². The second-order valence-electron chi connectivity index (χ2n) is 4.52. The minimum absolute atomic E-state index is 0.0459. The lowest BCUT2D eigenvalue weighted by Crippen LogP contribution is -2.38. The molecule has 0 aliphatic heterocycles. The monoisotopic (exact) mass is 308 g/mol. The number of Topliss-reactive ketones (excluding diaryl/α,β-unsaturated/α-hetero) is 1. The van der Waals surface area contributed by atoms with Crippen LogP contribution in [0.4, 0.5) is 0 Å². The highest BCUT2D eigenvalue weighted by Crippen LogP contribution is 2.16. The molecule has 1 aromatic carbocycles. The van der Waals surface area contributed by atoms with Gasteiger partial charge in [0.2, 0.25) is 0 Å². The van der Waals surface area contributed by atoms with Crippen LogP contribution < -0.4 is 4.74 Å². The van der Waals surface area contributed by atoms with Gasteiger partial charge in [0.1, 0.15) is 11.5 Å². The normalized spacial score (nSPS) is 10.2. The Morgan fingerprint density at radius 3 is 1.86 bits per heavy atom. The smallest absolute Gasteiger partial charge is 0.359 e. The van der Waals surface area contributed by atoms with E-state index >= 15 is 0 Å². The van der Waals surface area contributed by atoms with E-state index in [0.717, 1.165) is 5.56 Å². The molecule has 0 aromatic heterocycles. The van der Waals surface area contributed by atoms with Crippen molar-refractivity contribution in [2.24, 2.45) is 0 Å². The van der Waals surface area contributed by atoms with Gasteiger partial charge in [0.15, 0.2) is 0 Å². The Bertz CT molecular complexity index is 502. The Hall–Kier alpha value is -2.37. The number of esters is 2. The molecule has 0 amide bonds. The maximum atomic E-state index is 11.8. The lowest BCUT2D eigenvalue weighted by atomic mass is 10.1. The summed E-state index contributed by atoms with van der Waals surface area (Å²) < 4.78 is 15.0. The van der Waals surface area contributed by atoms with E-state index in [9.17, 15) is 14.4 Å². The molecule has 0 aliphatic carbocycles. The summed E-state index contributed by atoms with van der Waals surface area (Å²) in [6, 6.07) is 6.57. The van der Waals surface area contributed by atoms with Crippen LogP contribution in [0.25, 0.3) is 0 Å². The first-order chi connectivity index (χ1) is 10.5. The van der Waals surface area contributed by atoms with E-state index in [2.05, 4.69) is 0 Å². The fraction of sp³-hybridized carbons (Fsp3) is 0.438. The van der Waals surface area contributed by atoms with Crippen molar-refractivity contribution < 1.29 is 28.6 Å². The number of benzene rings is 1. The molecule has 0 aliphatic rings. The van der Waals surface area contributed by atoms with Crippen molar-refractivity contribution in [3.05, 3.63) is 29.8 Å². The van der Waals surface area contributed by atoms with Crippen molar-refractivity contribution in [1.29, 1.82) is 0 Å². The largest absolute Gasteiger partial charge is 0.467 e. The van der Waals surface area contributed by atoms with Gasteiger partial charge in [-0.15, -0.1) is 0 Å². The van der Waals surface area contributed by atoms with Crippen molar-refractivity contribution >= 4 is 17.7 Å². The fourth-order valence-corrected chi connectivity index (χ4v) is 1.74. The second kappa shape index (κ2) is 8.81. The Kier molecular flexibility index (Phi) is 7.08.